The van der Waals surface area contributed by atoms with Gasteiger partial charge in [-0.25, -0.2) is 27.9 Å². The summed E-state index contributed by atoms with van der Waals surface area (Å²) in [5.74, 6) is -2.38. The molecule has 43 heavy (non-hydrogen) atoms. The summed E-state index contributed by atoms with van der Waals surface area (Å²) in [7, 11) is 0. The number of benzene rings is 3. The Balaban J connectivity index is 1.27. The lowest BCUT2D eigenvalue weighted by molar-refractivity contribution is 0.0697. The first-order valence-corrected chi connectivity index (χ1v) is 14.0. The largest absolute Gasteiger partial charge is 0.478 e. The minimum atomic E-state index is -1.07. The highest BCUT2D eigenvalue weighted by Gasteiger charge is 2.22. The number of carboxylic acid groups (broad SMARTS) is 1. The van der Waals surface area contributed by atoms with Crippen molar-refractivity contribution in [2.75, 3.05) is 6.61 Å². The van der Waals surface area contributed by atoms with Crippen LogP contribution in [-0.2, 0) is 24.3 Å². The number of imidazole rings is 1. The predicted octanol–water partition coefficient (Wildman–Crippen LogP) is 7.22. The van der Waals surface area contributed by atoms with Crippen LogP contribution in [0.4, 0.5) is 13.2 Å². The third kappa shape index (κ3) is 6.21. The van der Waals surface area contributed by atoms with Crippen molar-refractivity contribution in [2.45, 2.75) is 38.5 Å². The number of carbonyl (C=O) groups is 1. The van der Waals surface area contributed by atoms with E-state index in [0.717, 1.165) is 25.0 Å². The zero-order valence-corrected chi connectivity index (χ0v) is 23.5. The van der Waals surface area contributed by atoms with Crippen molar-refractivity contribution in [1.29, 1.82) is 0 Å². The number of fused-ring (bicyclic) bond motifs is 1. The Morgan fingerprint density at radius 1 is 1.00 bits per heavy atom. The third-order valence-corrected chi connectivity index (χ3v) is 7.59. The molecule has 0 aliphatic carbocycles. The molecular formula is C32H25ClF3N3O4. The van der Waals surface area contributed by atoms with E-state index in [1.54, 1.807) is 12.1 Å². The second kappa shape index (κ2) is 12.1. The Hall–Kier alpha value is -4.41. The first-order valence-electron chi connectivity index (χ1n) is 13.6. The average molecular weight is 608 g/mol. The van der Waals surface area contributed by atoms with Crippen LogP contribution in [0.5, 0.6) is 5.88 Å². The summed E-state index contributed by atoms with van der Waals surface area (Å²) < 4.78 is 58.3. The zero-order valence-electron chi connectivity index (χ0n) is 22.7. The maximum Gasteiger partial charge on any atom is 0.335 e. The number of halogens is 4. The first-order chi connectivity index (χ1) is 20.7. The normalized spacial score (nSPS) is 14.8. The molecule has 1 unspecified atom stereocenters. The van der Waals surface area contributed by atoms with Gasteiger partial charge in [-0.3, -0.25) is 0 Å². The SMILES string of the molecule is O=C(O)c1ccc2nc(Cc3cc(F)c(-c4cccc(OCc5ccc(Cl)cc5F)n4)cc3F)n(CC3CCCO3)c2c1. The minimum Gasteiger partial charge on any atom is -0.478 e. The lowest BCUT2D eigenvalue weighted by atomic mass is 10.0. The number of rotatable bonds is 9. The first kappa shape index (κ1) is 28.7. The average Bonchev–Trinajstić information content (AvgIpc) is 3.62. The summed E-state index contributed by atoms with van der Waals surface area (Å²) in [6.07, 6.45) is 1.62. The van der Waals surface area contributed by atoms with Crippen LogP contribution >= 0.6 is 11.6 Å². The van der Waals surface area contributed by atoms with Crippen molar-refractivity contribution in [2.24, 2.45) is 0 Å². The van der Waals surface area contributed by atoms with E-state index in [1.165, 1.54) is 42.5 Å². The van der Waals surface area contributed by atoms with Gasteiger partial charge >= 0.3 is 5.97 Å². The van der Waals surface area contributed by atoms with Crippen molar-refractivity contribution in [3.05, 3.63) is 112 Å². The van der Waals surface area contributed by atoms with Gasteiger partial charge in [0.05, 0.1) is 34.9 Å². The number of ether oxygens (including phenoxy) is 2. The van der Waals surface area contributed by atoms with E-state index in [4.69, 9.17) is 21.1 Å². The van der Waals surface area contributed by atoms with Crippen LogP contribution in [0.25, 0.3) is 22.3 Å². The second-order valence-electron chi connectivity index (χ2n) is 10.3. The molecule has 0 amide bonds. The van der Waals surface area contributed by atoms with Crippen molar-refractivity contribution < 1.29 is 32.5 Å². The molecule has 7 nitrogen and oxygen atoms in total. The standard InChI is InChI=1S/C32H25ClF3N3O4/c33-21-8-6-19(24(34)14-21)17-43-31-5-1-4-27(38-31)23-15-25(35)20(11-26(23)36)13-30-37-28-9-7-18(32(40)41)12-29(28)39(30)16-22-3-2-10-42-22/h1,4-9,11-12,14-15,22H,2-3,10,13,16-17H2,(H,40,41). The monoisotopic (exact) mass is 607 g/mol. The van der Waals surface area contributed by atoms with Crippen LogP contribution in [0.2, 0.25) is 5.02 Å². The van der Waals surface area contributed by atoms with Gasteiger partial charge in [0, 0.05) is 35.2 Å². The van der Waals surface area contributed by atoms with Crippen molar-refractivity contribution in [3.8, 4) is 17.1 Å². The molecule has 1 N–H and O–H groups in total. The molecule has 1 aliphatic heterocycles. The Bertz CT molecular complexity index is 1840. The van der Waals surface area contributed by atoms with Crippen LogP contribution in [0, 0.1) is 17.5 Å². The van der Waals surface area contributed by atoms with E-state index in [2.05, 4.69) is 9.97 Å². The summed E-state index contributed by atoms with van der Waals surface area (Å²) >= 11 is 5.79. The molecule has 1 fully saturated rings. The van der Waals surface area contributed by atoms with E-state index in [-0.39, 0.29) is 58.0 Å². The third-order valence-electron chi connectivity index (χ3n) is 7.36. The van der Waals surface area contributed by atoms with E-state index >= 15 is 8.78 Å². The molecule has 0 radical (unpaired) electrons. The van der Waals surface area contributed by atoms with Gasteiger partial charge < -0.3 is 19.1 Å². The minimum absolute atomic E-state index is 0.0317. The molecule has 3 heterocycles. The van der Waals surface area contributed by atoms with Crippen LogP contribution in [0.15, 0.2) is 66.7 Å². The van der Waals surface area contributed by atoms with Crippen molar-refractivity contribution in [3.63, 3.8) is 0 Å². The topological polar surface area (TPSA) is 86.5 Å². The fourth-order valence-electron chi connectivity index (χ4n) is 5.16. The van der Waals surface area contributed by atoms with Gasteiger partial charge in [0.25, 0.3) is 0 Å². The number of hydrogen-bond acceptors (Lipinski definition) is 5. The van der Waals surface area contributed by atoms with E-state index in [0.29, 0.717) is 30.0 Å². The van der Waals surface area contributed by atoms with Gasteiger partial charge in [-0.15, -0.1) is 0 Å². The lowest BCUT2D eigenvalue weighted by Gasteiger charge is -2.15. The predicted molar refractivity (Wildman–Crippen MR) is 154 cm³/mol. The summed E-state index contributed by atoms with van der Waals surface area (Å²) in [5.41, 5.74) is 1.66. The zero-order chi connectivity index (χ0) is 30.1. The van der Waals surface area contributed by atoms with E-state index in [1.807, 2.05) is 4.57 Å². The molecule has 3 aromatic carbocycles. The molecule has 1 atom stereocenters. The number of hydrogen-bond donors (Lipinski definition) is 1. The van der Waals surface area contributed by atoms with Crippen LogP contribution in [0.3, 0.4) is 0 Å². The molecule has 1 saturated heterocycles. The van der Waals surface area contributed by atoms with Gasteiger partial charge in [0.1, 0.15) is 29.9 Å². The van der Waals surface area contributed by atoms with Gasteiger partial charge in [-0.2, -0.15) is 0 Å². The summed E-state index contributed by atoms with van der Waals surface area (Å²) in [6.45, 7) is 0.913. The highest BCUT2D eigenvalue weighted by molar-refractivity contribution is 6.30. The maximum atomic E-state index is 15.5. The molecule has 5 aromatic rings. The Morgan fingerprint density at radius 3 is 2.60 bits per heavy atom. The van der Waals surface area contributed by atoms with Crippen molar-refractivity contribution >= 4 is 28.6 Å². The van der Waals surface area contributed by atoms with Gasteiger partial charge in [0.2, 0.25) is 5.88 Å². The molecule has 0 bridgehead atoms. The highest BCUT2D eigenvalue weighted by Crippen LogP contribution is 2.29. The van der Waals surface area contributed by atoms with Crippen molar-refractivity contribution in [1.82, 2.24) is 14.5 Å². The second-order valence-corrected chi connectivity index (χ2v) is 10.7. The summed E-state index contributed by atoms with van der Waals surface area (Å²) in [4.78, 5) is 20.5. The molecule has 6 rings (SSSR count). The summed E-state index contributed by atoms with van der Waals surface area (Å²) in [6, 6.07) is 15.6. The smallest absolute Gasteiger partial charge is 0.335 e. The Morgan fingerprint density at radius 2 is 1.84 bits per heavy atom. The van der Waals surface area contributed by atoms with Gasteiger partial charge in [-0.05, 0) is 66.9 Å². The van der Waals surface area contributed by atoms with Crippen LogP contribution < -0.4 is 4.74 Å². The lowest BCUT2D eigenvalue weighted by Crippen LogP contribution is -2.17. The van der Waals surface area contributed by atoms with Crippen LogP contribution in [-0.4, -0.2) is 38.3 Å². The van der Waals surface area contributed by atoms with E-state index < -0.39 is 23.4 Å². The number of nitrogens with zero attached hydrogens (tertiary/aromatic N) is 3. The molecular weight excluding hydrogens is 583 g/mol. The highest BCUT2D eigenvalue weighted by atomic mass is 35.5. The number of aromatic carboxylic acids is 1. The number of aromatic nitrogens is 3. The van der Waals surface area contributed by atoms with E-state index in [9.17, 15) is 14.3 Å². The molecule has 220 valence electrons. The molecule has 1 aliphatic rings. The maximum absolute atomic E-state index is 15.5. The quantitative estimate of drug-likeness (QED) is 0.190. The van der Waals surface area contributed by atoms with Gasteiger partial charge in [0.15, 0.2) is 0 Å². The molecule has 11 heteroatoms. The fraction of sp³-hybridized carbons (Fsp3) is 0.219. The summed E-state index contributed by atoms with van der Waals surface area (Å²) in [5, 5.41) is 9.75. The fourth-order valence-corrected chi connectivity index (χ4v) is 5.32. The number of pyridine rings is 1. The molecule has 0 spiro atoms. The van der Waals surface area contributed by atoms with Crippen LogP contribution in [0.1, 0.15) is 40.2 Å². The van der Waals surface area contributed by atoms with Gasteiger partial charge in [-0.1, -0.05) is 23.7 Å². The molecule has 2 aromatic heterocycles. The molecule has 0 saturated carbocycles. The Labute approximate surface area is 249 Å². The number of carboxylic acids is 1. The Kier molecular flexibility index (Phi) is 8.05.